The maximum atomic E-state index is 6.15. The zero-order valence-electron chi connectivity index (χ0n) is 11.5. The van der Waals surface area contributed by atoms with Crippen LogP contribution in [0.4, 0.5) is 0 Å². The molecule has 0 aliphatic carbocycles. The van der Waals surface area contributed by atoms with Gasteiger partial charge in [-0.25, -0.2) is 0 Å². The van der Waals surface area contributed by atoms with Gasteiger partial charge in [-0.15, -0.1) is 0 Å². The van der Waals surface area contributed by atoms with E-state index in [1.807, 2.05) is 18.2 Å². The molecule has 3 aromatic carbocycles. The third kappa shape index (κ3) is 2.90. The molecule has 0 nitrogen and oxygen atoms in total. The summed E-state index contributed by atoms with van der Waals surface area (Å²) in [6, 6.07) is 18.0. The number of fused-ring (bicyclic) bond motifs is 1. The van der Waals surface area contributed by atoms with E-state index in [2.05, 4.69) is 49.1 Å². The summed E-state index contributed by atoms with van der Waals surface area (Å²) < 4.78 is 0. The summed E-state index contributed by atoms with van der Waals surface area (Å²) in [5, 5.41) is 3.48. The summed E-state index contributed by atoms with van der Waals surface area (Å²) in [5.74, 6) is 6.24. The van der Waals surface area contributed by atoms with Gasteiger partial charge in [0.1, 0.15) is 0 Å². The van der Waals surface area contributed by atoms with E-state index in [0.29, 0.717) is 10.0 Å². The molecule has 0 heterocycles. The van der Waals surface area contributed by atoms with E-state index in [9.17, 15) is 0 Å². The Balaban J connectivity index is 2.05. The second kappa shape index (κ2) is 5.82. The lowest BCUT2D eigenvalue weighted by molar-refractivity contribution is 1.52. The summed E-state index contributed by atoms with van der Waals surface area (Å²) in [6.45, 7) is 2.10. The van der Waals surface area contributed by atoms with Gasteiger partial charge in [-0.05, 0) is 47.5 Å². The van der Waals surface area contributed by atoms with Crippen molar-refractivity contribution < 1.29 is 0 Å². The first-order valence-electron chi connectivity index (χ1n) is 6.60. The van der Waals surface area contributed by atoms with Crippen molar-refractivity contribution in [2.75, 3.05) is 0 Å². The molecule has 0 spiro atoms. The Morgan fingerprint density at radius 2 is 1.67 bits per heavy atom. The molecule has 0 atom stereocenters. The summed E-state index contributed by atoms with van der Waals surface area (Å²) >= 11 is 12.1. The molecule has 102 valence electrons. The Labute approximate surface area is 134 Å². The van der Waals surface area contributed by atoms with Crippen LogP contribution in [0.5, 0.6) is 0 Å². The van der Waals surface area contributed by atoms with Crippen LogP contribution in [-0.4, -0.2) is 0 Å². The first-order chi connectivity index (χ1) is 10.1. The van der Waals surface area contributed by atoms with Gasteiger partial charge < -0.3 is 0 Å². The van der Waals surface area contributed by atoms with Gasteiger partial charge >= 0.3 is 0 Å². The van der Waals surface area contributed by atoms with Gasteiger partial charge in [-0.3, -0.25) is 0 Å². The summed E-state index contributed by atoms with van der Waals surface area (Å²) in [4.78, 5) is 0. The van der Waals surface area contributed by atoms with Gasteiger partial charge in [-0.1, -0.05) is 65.4 Å². The lowest BCUT2D eigenvalue weighted by Gasteiger charge is -2.02. The Bertz CT molecular complexity index is 883. The van der Waals surface area contributed by atoms with E-state index in [4.69, 9.17) is 23.2 Å². The molecular weight excluding hydrogens is 299 g/mol. The molecule has 0 radical (unpaired) electrons. The van der Waals surface area contributed by atoms with E-state index in [-0.39, 0.29) is 0 Å². The molecule has 0 N–H and O–H groups in total. The molecule has 0 aliphatic heterocycles. The first kappa shape index (κ1) is 14.0. The van der Waals surface area contributed by atoms with Crippen molar-refractivity contribution in [2.45, 2.75) is 6.92 Å². The molecule has 0 unspecified atom stereocenters. The third-order valence-corrected chi connectivity index (χ3v) is 4.21. The van der Waals surface area contributed by atoms with Crippen LogP contribution in [0.1, 0.15) is 16.7 Å². The Morgan fingerprint density at radius 1 is 0.857 bits per heavy atom. The highest BCUT2D eigenvalue weighted by atomic mass is 35.5. The van der Waals surface area contributed by atoms with Crippen molar-refractivity contribution in [1.29, 1.82) is 0 Å². The summed E-state index contributed by atoms with van der Waals surface area (Å²) in [6.07, 6.45) is 0. The van der Waals surface area contributed by atoms with Crippen LogP contribution < -0.4 is 0 Å². The monoisotopic (exact) mass is 310 g/mol. The van der Waals surface area contributed by atoms with Gasteiger partial charge in [0.15, 0.2) is 0 Å². The number of hydrogen-bond donors (Lipinski definition) is 0. The topological polar surface area (TPSA) is 0 Å². The highest BCUT2D eigenvalue weighted by Crippen LogP contribution is 2.25. The van der Waals surface area contributed by atoms with E-state index in [1.165, 1.54) is 16.3 Å². The van der Waals surface area contributed by atoms with Crippen LogP contribution in [0.3, 0.4) is 0 Å². The van der Waals surface area contributed by atoms with E-state index < -0.39 is 0 Å². The van der Waals surface area contributed by atoms with Gasteiger partial charge in [0.25, 0.3) is 0 Å². The molecule has 0 saturated carbocycles. The quantitative estimate of drug-likeness (QED) is 0.456. The molecule has 3 aromatic rings. The van der Waals surface area contributed by atoms with Crippen LogP contribution in [-0.2, 0) is 0 Å². The van der Waals surface area contributed by atoms with Gasteiger partial charge in [-0.2, -0.15) is 0 Å². The minimum absolute atomic E-state index is 0.503. The molecule has 21 heavy (non-hydrogen) atoms. The number of benzene rings is 3. The fraction of sp³-hybridized carbons (Fsp3) is 0.0526. The standard InChI is InChI=1S/C19H12Cl2/c1-13-4-2-5-15-10-8-14(12-17(13)15)9-11-16-6-3-7-18(20)19(16)21/h2-8,10,12H,1H3. The zero-order valence-corrected chi connectivity index (χ0v) is 13.0. The second-order valence-corrected chi connectivity index (χ2v) is 5.65. The van der Waals surface area contributed by atoms with Crippen LogP contribution in [0.15, 0.2) is 54.6 Å². The number of rotatable bonds is 0. The fourth-order valence-electron chi connectivity index (χ4n) is 2.25. The number of aryl methyl sites for hydroxylation is 1. The van der Waals surface area contributed by atoms with Gasteiger partial charge in [0, 0.05) is 11.1 Å². The predicted molar refractivity (Wildman–Crippen MR) is 91.1 cm³/mol. The van der Waals surface area contributed by atoms with Crippen LogP contribution >= 0.6 is 23.2 Å². The molecule has 0 fully saturated rings. The summed E-state index contributed by atoms with van der Waals surface area (Å²) in [7, 11) is 0. The summed E-state index contributed by atoms with van der Waals surface area (Å²) in [5.41, 5.74) is 2.96. The largest absolute Gasteiger partial charge is 0.0827 e. The van der Waals surface area contributed by atoms with Crippen LogP contribution in [0.25, 0.3) is 10.8 Å². The minimum atomic E-state index is 0.503. The average molecular weight is 311 g/mol. The minimum Gasteiger partial charge on any atom is -0.0827 e. The van der Waals surface area contributed by atoms with Crippen molar-refractivity contribution in [2.24, 2.45) is 0 Å². The zero-order chi connectivity index (χ0) is 14.8. The normalized spacial score (nSPS) is 10.2. The first-order valence-corrected chi connectivity index (χ1v) is 7.36. The van der Waals surface area contributed by atoms with Crippen molar-refractivity contribution in [3.05, 3.63) is 81.3 Å². The Morgan fingerprint density at radius 3 is 2.52 bits per heavy atom. The molecule has 0 bridgehead atoms. The molecule has 2 heteroatoms. The predicted octanol–water partition coefficient (Wildman–Crippen LogP) is 5.85. The Hall–Kier alpha value is -1.94. The highest BCUT2D eigenvalue weighted by molar-refractivity contribution is 6.42. The van der Waals surface area contributed by atoms with Crippen molar-refractivity contribution in [3.63, 3.8) is 0 Å². The van der Waals surface area contributed by atoms with Gasteiger partial charge in [0.2, 0.25) is 0 Å². The SMILES string of the molecule is Cc1cccc2ccc(C#Cc3cccc(Cl)c3Cl)cc12. The molecule has 0 aromatic heterocycles. The van der Waals surface area contributed by atoms with E-state index in [0.717, 1.165) is 11.1 Å². The average Bonchev–Trinajstić information content (AvgIpc) is 2.49. The van der Waals surface area contributed by atoms with E-state index >= 15 is 0 Å². The molecule has 0 aliphatic rings. The van der Waals surface area contributed by atoms with Crippen molar-refractivity contribution >= 4 is 34.0 Å². The molecular formula is C19H12Cl2. The molecule has 3 rings (SSSR count). The lowest BCUT2D eigenvalue weighted by Crippen LogP contribution is -1.82. The maximum absolute atomic E-state index is 6.15. The van der Waals surface area contributed by atoms with Crippen molar-refractivity contribution in [1.82, 2.24) is 0 Å². The molecule has 0 saturated heterocycles. The van der Waals surface area contributed by atoms with Crippen LogP contribution in [0, 0.1) is 18.8 Å². The lowest BCUT2D eigenvalue weighted by atomic mass is 10.0. The smallest absolute Gasteiger partial charge is 0.0748 e. The molecule has 0 amide bonds. The second-order valence-electron chi connectivity index (χ2n) is 4.86. The third-order valence-electron chi connectivity index (χ3n) is 3.39. The number of halogens is 2. The number of hydrogen-bond acceptors (Lipinski definition) is 0. The highest BCUT2D eigenvalue weighted by Gasteiger charge is 2.01. The maximum Gasteiger partial charge on any atom is 0.0748 e. The van der Waals surface area contributed by atoms with Crippen LogP contribution in [0.2, 0.25) is 10.0 Å². The Kier molecular flexibility index (Phi) is 3.88. The van der Waals surface area contributed by atoms with E-state index in [1.54, 1.807) is 6.07 Å². The fourth-order valence-corrected chi connectivity index (χ4v) is 2.59. The van der Waals surface area contributed by atoms with Gasteiger partial charge in [0.05, 0.1) is 10.0 Å². The van der Waals surface area contributed by atoms with Crippen molar-refractivity contribution in [3.8, 4) is 11.8 Å².